The highest BCUT2D eigenvalue weighted by molar-refractivity contribution is 5.46. The Kier molecular flexibility index (Phi) is 2.99. The number of benzene rings is 1. The highest BCUT2D eigenvalue weighted by Gasteiger charge is 2.41. The molecule has 0 aliphatic heterocycles. The molecule has 17 heavy (non-hydrogen) atoms. The molecule has 0 heterocycles. The molecule has 0 radical (unpaired) electrons. The first-order valence-electron chi connectivity index (χ1n) is 5.65. The standard InChI is InChI=1S/C13H14FNO2/c1-9(14)10-3-4-12(17)11(7-10)13(15-8-16)5-2-6-13/h3-4,7,9,17H,2,5-6H2,1H3. The molecular weight excluding hydrogens is 221 g/mol. The van der Waals surface area contributed by atoms with Crippen LogP contribution in [0.2, 0.25) is 0 Å². The summed E-state index contributed by atoms with van der Waals surface area (Å²) in [5, 5.41) is 9.83. The van der Waals surface area contributed by atoms with E-state index in [-0.39, 0.29) is 5.75 Å². The number of isocyanates is 1. The summed E-state index contributed by atoms with van der Waals surface area (Å²) in [6.45, 7) is 1.44. The predicted octanol–water partition coefficient (Wildman–Crippen LogP) is 3.14. The third kappa shape index (κ3) is 1.96. The van der Waals surface area contributed by atoms with Crippen molar-refractivity contribution >= 4 is 6.08 Å². The van der Waals surface area contributed by atoms with Gasteiger partial charge in [0.2, 0.25) is 6.08 Å². The molecule has 4 heteroatoms. The van der Waals surface area contributed by atoms with Crippen molar-refractivity contribution < 1.29 is 14.3 Å². The average molecular weight is 235 g/mol. The smallest absolute Gasteiger partial charge is 0.235 e. The Morgan fingerprint density at radius 1 is 1.53 bits per heavy atom. The highest BCUT2D eigenvalue weighted by atomic mass is 19.1. The zero-order chi connectivity index (χ0) is 12.5. The first-order chi connectivity index (χ1) is 8.09. The minimum absolute atomic E-state index is 0.0631. The van der Waals surface area contributed by atoms with Crippen LogP contribution in [0.1, 0.15) is 43.5 Å². The number of halogens is 1. The van der Waals surface area contributed by atoms with Crippen LogP contribution in [0.3, 0.4) is 0 Å². The molecule has 1 saturated carbocycles. The van der Waals surface area contributed by atoms with Crippen LogP contribution in [0.5, 0.6) is 5.75 Å². The summed E-state index contributed by atoms with van der Waals surface area (Å²) in [7, 11) is 0. The van der Waals surface area contributed by atoms with Crippen molar-refractivity contribution in [3.05, 3.63) is 29.3 Å². The van der Waals surface area contributed by atoms with Crippen LogP contribution in [0.25, 0.3) is 0 Å². The number of aliphatic imine (C=N–C) groups is 1. The molecule has 0 bridgehead atoms. The molecule has 1 fully saturated rings. The molecular formula is C13H14FNO2. The Morgan fingerprint density at radius 2 is 2.24 bits per heavy atom. The van der Waals surface area contributed by atoms with Crippen molar-refractivity contribution in [3.8, 4) is 5.75 Å². The highest BCUT2D eigenvalue weighted by Crippen LogP contribution is 2.48. The van der Waals surface area contributed by atoms with Crippen molar-refractivity contribution in [2.24, 2.45) is 4.99 Å². The summed E-state index contributed by atoms with van der Waals surface area (Å²) < 4.78 is 13.3. The summed E-state index contributed by atoms with van der Waals surface area (Å²) in [5.74, 6) is 0.0631. The van der Waals surface area contributed by atoms with Crippen LogP contribution in [0.15, 0.2) is 23.2 Å². The number of rotatable bonds is 3. The third-order valence-electron chi connectivity index (χ3n) is 3.42. The summed E-state index contributed by atoms with van der Waals surface area (Å²) in [4.78, 5) is 14.3. The van der Waals surface area contributed by atoms with Gasteiger partial charge in [0.15, 0.2) is 0 Å². The van der Waals surface area contributed by atoms with Crippen LogP contribution in [-0.2, 0) is 10.3 Å². The lowest BCUT2D eigenvalue weighted by Crippen LogP contribution is -2.32. The zero-order valence-electron chi connectivity index (χ0n) is 9.61. The molecule has 1 aliphatic rings. The van der Waals surface area contributed by atoms with Gasteiger partial charge in [-0.15, -0.1) is 0 Å². The number of hydrogen-bond acceptors (Lipinski definition) is 3. The van der Waals surface area contributed by atoms with Crippen LogP contribution in [0, 0.1) is 0 Å². The number of aromatic hydroxyl groups is 1. The van der Waals surface area contributed by atoms with Crippen LogP contribution in [0.4, 0.5) is 4.39 Å². The number of carbonyl (C=O) groups excluding carboxylic acids is 1. The van der Waals surface area contributed by atoms with E-state index in [0.717, 1.165) is 6.42 Å². The van der Waals surface area contributed by atoms with Gasteiger partial charge >= 0.3 is 0 Å². The summed E-state index contributed by atoms with van der Waals surface area (Å²) >= 11 is 0. The molecule has 2 rings (SSSR count). The van der Waals surface area contributed by atoms with Crippen LogP contribution < -0.4 is 0 Å². The predicted molar refractivity (Wildman–Crippen MR) is 61.3 cm³/mol. The van der Waals surface area contributed by atoms with E-state index in [1.54, 1.807) is 18.2 Å². The molecule has 0 spiro atoms. The van der Waals surface area contributed by atoms with Gasteiger partial charge in [-0.05, 0) is 43.9 Å². The molecule has 3 nitrogen and oxygen atoms in total. The second-order valence-electron chi connectivity index (χ2n) is 4.48. The fourth-order valence-corrected chi connectivity index (χ4v) is 2.21. The van der Waals surface area contributed by atoms with E-state index >= 15 is 0 Å². The van der Waals surface area contributed by atoms with E-state index in [2.05, 4.69) is 4.99 Å². The average Bonchev–Trinajstić information content (AvgIpc) is 2.24. The molecule has 0 saturated heterocycles. The molecule has 1 atom stereocenters. The molecule has 0 aromatic heterocycles. The summed E-state index contributed by atoms with van der Waals surface area (Å²) in [6.07, 6.45) is 2.78. The first kappa shape index (κ1) is 11.8. The molecule has 1 aromatic carbocycles. The monoisotopic (exact) mass is 235 g/mol. The van der Waals surface area contributed by atoms with Gasteiger partial charge in [0.1, 0.15) is 17.5 Å². The van der Waals surface area contributed by atoms with Crippen molar-refractivity contribution in [1.82, 2.24) is 0 Å². The molecule has 1 N–H and O–H groups in total. The lowest BCUT2D eigenvalue weighted by molar-refractivity contribution is 0.247. The van der Waals surface area contributed by atoms with Gasteiger partial charge in [0.25, 0.3) is 0 Å². The largest absolute Gasteiger partial charge is 0.508 e. The van der Waals surface area contributed by atoms with E-state index in [9.17, 15) is 14.3 Å². The minimum atomic E-state index is -1.10. The molecule has 1 aromatic rings. The number of phenolic OH excluding ortho intramolecular Hbond substituents is 1. The van der Waals surface area contributed by atoms with Gasteiger partial charge in [-0.3, -0.25) is 0 Å². The second-order valence-corrected chi connectivity index (χ2v) is 4.48. The molecule has 90 valence electrons. The van der Waals surface area contributed by atoms with E-state index in [1.165, 1.54) is 13.0 Å². The Hall–Kier alpha value is -1.67. The Balaban J connectivity index is 2.49. The fraction of sp³-hybridized carbons (Fsp3) is 0.462. The van der Waals surface area contributed by atoms with E-state index in [1.807, 2.05) is 0 Å². The van der Waals surface area contributed by atoms with E-state index in [4.69, 9.17) is 0 Å². The number of phenols is 1. The number of alkyl halides is 1. The minimum Gasteiger partial charge on any atom is -0.508 e. The summed E-state index contributed by atoms with van der Waals surface area (Å²) in [6, 6.07) is 4.60. The van der Waals surface area contributed by atoms with Crippen LogP contribution in [-0.4, -0.2) is 11.2 Å². The van der Waals surface area contributed by atoms with E-state index in [0.29, 0.717) is 24.0 Å². The van der Waals surface area contributed by atoms with Crippen molar-refractivity contribution in [2.75, 3.05) is 0 Å². The quantitative estimate of drug-likeness (QED) is 0.646. The Bertz CT molecular complexity index is 474. The van der Waals surface area contributed by atoms with Gasteiger partial charge < -0.3 is 5.11 Å². The molecule has 1 unspecified atom stereocenters. The first-order valence-corrected chi connectivity index (χ1v) is 5.65. The van der Waals surface area contributed by atoms with Gasteiger partial charge in [-0.1, -0.05) is 6.07 Å². The Morgan fingerprint density at radius 3 is 2.71 bits per heavy atom. The van der Waals surface area contributed by atoms with Crippen LogP contribution >= 0.6 is 0 Å². The number of hydrogen-bond donors (Lipinski definition) is 1. The SMILES string of the molecule is CC(F)c1ccc(O)c(C2(N=C=O)CCC2)c1. The fourth-order valence-electron chi connectivity index (χ4n) is 2.21. The Labute approximate surface area is 99.0 Å². The normalized spacial score (nSPS) is 18.9. The maximum absolute atomic E-state index is 13.3. The number of nitrogens with zero attached hydrogens (tertiary/aromatic N) is 1. The second kappa shape index (κ2) is 4.30. The summed E-state index contributed by atoms with van der Waals surface area (Å²) in [5.41, 5.74) is 0.343. The van der Waals surface area contributed by atoms with Crippen molar-refractivity contribution in [3.63, 3.8) is 0 Å². The van der Waals surface area contributed by atoms with Gasteiger partial charge in [-0.25, -0.2) is 9.18 Å². The maximum Gasteiger partial charge on any atom is 0.235 e. The van der Waals surface area contributed by atoms with Crippen molar-refractivity contribution in [2.45, 2.75) is 37.9 Å². The lowest BCUT2D eigenvalue weighted by atomic mass is 9.71. The third-order valence-corrected chi connectivity index (χ3v) is 3.42. The topological polar surface area (TPSA) is 49.7 Å². The van der Waals surface area contributed by atoms with Crippen molar-refractivity contribution in [1.29, 1.82) is 0 Å². The van der Waals surface area contributed by atoms with Gasteiger partial charge in [-0.2, -0.15) is 4.99 Å². The molecule has 0 amide bonds. The van der Waals surface area contributed by atoms with Gasteiger partial charge in [0.05, 0.1) is 0 Å². The van der Waals surface area contributed by atoms with Gasteiger partial charge in [0, 0.05) is 5.56 Å². The maximum atomic E-state index is 13.3. The zero-order valence-corrected chi connectivity index (χ0v) is 9.61. The lowest BCUT2D eigenvalue weighted by Gasteiger charge is -2.37. The molecule has 1 aliphatic carbocycles. The van der Waals surface area contributed by atoms with E-state index < -0.39 is 11.7 Å².